The lowest BCUT2D eigenvalue weighted by molar-refractivity contribution is 0.0380. The van der Waals surface area contributed by atoms with Gasteiger partial charge in [0.2, 0.25) is 0 Å². The highest BCUT2D eigenvalue weighted by molar-refractivity contribution is 5.84. The van der Waals surface area contributed by atoms with Crippen LogP contribution in [0.25, 0.3) is 16.7 Å². The van der Waals surface area contributed by atoms with Crippen LogP contribution in [-0.2, 0) is 0 Å². The first-order valence-corrected chi connectivity index (χ1v) is 8.87. The lowest BCUT2D eigenvalue weighted by Gasteiger charge is -2.36. The van der Waals surface area contributed by atoms with Gasteiger partial charge in [-0.15, -0.1) is 0 Å². The summed E-state index contributed by atoms with van der Waals surface area (Å²) in [5.41, 5.74) is 0.336. The van der Waals surface area contributed by atoms with Crippen molar-refractivity contribution in [1.82, 2.24) is 24.4 Å². The van der Waals surface area contributed by atoms with Gasteiger partial charge in [0, 0.05) is 32.4 Å². The van der Waals surface area contributed by atoms with E-state index < -0.39 is 17.7 Å². The van der Waals surface area contributed by atoms with Gasteiger partial charge >= 0.3 is 5.69 Å². The molecule has 8 nitrogen and oxygen atoms in total. The van der Waals surface area contributed by atoms with Crippen molar-refractivity contribution in [2.24, 2.45) is 0 Å². The van der Waals surface area contributed by atoms with E-state index in [1.54, 1.807) is 12.1 Å². The molecule has 3 aromatic rings. The van der Waals surface area contributed by atoms with Crippen LogP contribution < -0.4 is 10.6 Å². The molecule has 4 rings (SSSR count). The molecule has 1 aliphatic rings. The van der Waals surface area contributed by atoms with E-state index in [-0.39, 0.29) is 5.69 Å². The van der Waals surface area contributed by atoms with Gasteiger partial charge in [-0.1, -0.05) is 18.7 Å². The average molecular weight is 382 g/mol. The number of fused-ring (bicyclic) bond motifs is 1. The number of para-hydroxylation sites is 1. The van der Waals surface area contributed by atoms with Crippen LogP contribution in [0.4, 0.5) is 10.2 Å². The van der Waals surface area contributed by atoms with E-state index in [9.17, 15) is 14.3 Å². The number of hydrogen-bond donors (Lipinski definition) is 1. The van der Waals surface area contributed by atoms with Crippen molar-refractivity contribution >= 4 is 16.9 Å². The second kappa shape index (κ2) is 7.45. The van der Waals surface area contributed by atoms with Gasteiger partial charge in [-0.05, 0) is 18.2 Å². The minimum absolute atomic E-state index is 0.120. The maximum Gasteiger partial charge on any atom is 0.353 e. The minimum Gasteiger partial charge on any atom is -0.375 e. The third-order valence-electron chi connectivity index (χ3n) is 4.81. The van der Waals surface area contributed by atoms with Gasteiger partial charge in [-0.3, -0.25) is 9.47 Å². The van der Waals surface area contributed by atoms with Crippen molar-refractivity contribution in [3.8, 4) is 5.69 Å². The Morgan fingerprint density at radius 2 is 1.93 bits per heavy atom. The van der Waals surface area contributed by atoms with Crippen LogP contribution in [0.15, 0.2) is 54.2 Å². The highest BCUT2D eigenvalue weighted by Gasteiger charge is 2.23. The highest BCUT2D eigenvalue weighted by atomic mass is 19.1. The van der Waals surface area contributed by atoms with E-state index in [2.05, 4.69) is 21.5 Å². The molecular weight excluding hydrogens is 363 g/mol. The molecule has 0 aliphatic carbocycles. The quantitative estimate of drug-likeness (QED) is 0.672. The van der Waals surface area contributed by atoms with Crippen molar-refractivity contribution in [2.45, 2.75) is 6.23 Å². The molecule has 0 radical (unpaired) electrons. The summed E-state index contributed by atoms with van der Waals surface area (Å²) in [5, 5.41) is 9.89. The lowest BCUT2D eigenvalue weighted by atomic mass is 10.2. The summed E-state index contributed by atoms with van der Waals surface area (Å²) in [7, 11) is 0. The van der Waals surface area contributed by atoms with E-state index in [1.165, 1.54) is 30.7 Å². The van der Waals surface area contributed by atoms with Gasteiger partial charge in [0.15, 0.2) is 5.82 Å². The van der Waals surface area contributed by atoms with Crippen LogP contribution in [0.3, 0.4) is 0 Å². The molecule has 1 aromatic carbocycles. The molecule has 0 bridgehead atoms. The first kappa shape index (κ1) is 18.2. The molecule has 1 fully saturated rings. The second-order valence-electron chi connectivity index (χ2n) is 6.45. The molecule has 0 saturated carbocycles. The Balaban J connectivity index is 1.71. The van der Waals surface area contributed by atoms with Gasteiger partial charge in [-0.2, -0.15) is 4.98 Å². The van der Waals surface area contributed by atoms with Crippen molar-refractivity contribution < 1.29 is 9.50 Å². The molecule has 0 spiro atoms. The van der Waals surface area contributed by atoms with Crippen molar-refractivity contribution in [1.29, 1.82) is 0 Å². The monoisotopic (exact) mass is 382 g/mol. The second-order valence-corrected chi connectivity index (χ2v) is 6.45. The summed E-state index contributed by atoms with van der Waals surface area (Å²) in [6.07, 6.45) is 3.69. The fourth-order valence-corrected chi connectivity index (χ4v) is 3.31. The minimum atomic E-state index is -0.685. The molecule has 1 aliphatic heterocycles. The zero-order chi connectivity index (χ0) is 19.7. The van der Waals surface area contributed by atoms with Crippen molar-refractivity contribution in [3.05, 3.63) is 65.7 Å². The molecule has 3 heterocycles. The van der Waals surface area contributed by atoms with E-state index >= 15 is 0 Å². The Bertz CT molecular complexity index is 1080. The van der Waals surface area contributed by atoms with Gasteiger partial charge in [0.1, 0.15) is 29.4 Å². The number of anilines is 1. The summed E-state index contributed by atoms with van der Waals surface area (Å²) >= 11 is 0. The normalized spacial score (nSPS) is 16.3. The maximum absolute atomic E-state index is 14.1. The molecule has 144 valence electrons. The lowest BCUT2D eigenvalue weighted by Crippen LogP contribution is -2.50. The van der Waals surface area contributed by atoms with Crippen molar-refractivity contribution in [3.63, 3.8) is 0 Å². The van der Waals surface area contributed by atoms with E-state index in [1.807, 2.05) is 9.80 Å². The van der Waals surface area contributed by atoms with E-state index in [0.717, 1.165) is 4.57 Å². The Morgan fingerprint density at radius 1 is 1.18 bits per heavy atom. The Hall–Kier alpha value is -3.17. The number of piperazine rings is 1. The molecule has 9 heteroatoms. The fraction of sp³-hybridized carbons (Fsp3) is 0.263. The third kappa shape index (κ3) is 3.25. The predicted octanol–water partition coefficient (Wildman–Crippen LogP) is 0.941. The standard InChI is InChI=1S/C19H19FN6O2/c1-2-16(27)24-7-9-25(10-8-24)18-17-14(21-12-22-18)11-26(19(28)23-17)15-6-4-3-5-13(15)20/h2-6,11-12,16,27H,1,7-10H2. The average Bonchev–Trinajstić information content (AvgIpc) is 2.73. The zero-order valence-corrected chi connectivity index (χ0v) is 15.1. The summed E-state index contributed by atoms with van der Waals surface area (Å²) in [6, 6.07) is 6.00. The Labute approximate surface area is 160 Å². The summed E-state index contributed by atoms with van der Waals surface area (Å²) < 4.78 is 15.2. The largest absolute Gasteiger partial charge is 0.375 e. The molecule has 28 heavy (non-hydrogen) atoms. The molecule has 1 atom stereocenters. The first-order chi connectivity index (χ1) is 13.6. The predicted molar refractivity (Wildman–Crippen MR) is 103 cm³/mol. The summed E-state index contributed by atoms with van der Waals surface area (Å²) in [5.74, 6) is 0.0347. The van der Waals surface area contributed by atoms with Gasteiger partial charge in [-0.25, -0.2) is 19.2 Å². The Morgan fingerprint density at radius 3 is 2.64 bits per heavy atom. The van der Waals surface area contributed by atoms with E-state index in [4.69, 9.17) is 0 Å². The fourth-order valence-electron chi connectivity index (χ4n) is 3.31. The molecule has 1 saturated heterocycles. The summed E-state index contributed by atoms with van der Waals surface area (Å²) in [4.78, 5) is 29.1. The van der Waals surface area contributed by atoms with Crippen LogP contribution >= 0.6 is 0 Å². The van der Waals surface area contributed by atoms with Crippen LogP contribution in [0.2, 0.25) is 0 Å². The topological polar surface area (TPSA) is 87.4 Å². The number of nitrogens with zero attached hydrogens (tertiary/aromatic N) is 6. The number of halogens is 1. The molecule has 1 unspecified atom stereocenters. The SMILES string of the molecule is C=CC(O)N1CCN(c2ncnc3cn(-c4ccccc4F)c(=O)nc23)CC1. The number of rotatable bonds is 4. The van der Waals surface area contributed by atoms with Gasteiger partial charge in [0.05, 0.1) is 5.69 Å². The molecule has 0 amide bonds. The number of hydrogen-bond acceptors (Lipinski definition) is 7. The molecular formula is C19H19FN6O2. The van der Waals surface area contributed by atoms with Gasteiger partial charge in [0.25, 0.3) is 0 Å². The summed E-state index contributed by atoms with van der Waals surface area (Å²) in [6.45, 7) is 6.05. The van der Waals surface area contributed by atoms with Crippen LogP contribution in [-0.4, -0.2) is 61.9 Å². The van der Waals surface area contributed by atoms with Crippen LogP contribution in [0, 0.1) is 5.82 Å². The van der Waals surface area contributed by atoms with Gasteiger partial charge < -0.3 is 10.0 Å². The molecule has 1 N–H and O–H groups in total. The Kier molecular flexibility index (Phi) is 4.84. The highest BCUT2D eigenvalue weighted by Crippen LogP contribution is 2.22. The van der Waals surface area contributed by atoms with E-state index in [0.29, 0.717) is 43.0 Å². The van der Waals surface area contributed by atoms with Crippen molar-refractivity contribution in [2.75, 3.05) is 31.1 Å². The van der Waals surface area contributed by atoms with Crippen LogP contribution in [0.1, 0.15) is 0 Å². The zero-order valence-electron chi connectivity index (χ0n) is 15.1. The third-order valence-corrected chi connectivity index (χ3v) is 4.81. The smallest absolute Gasteiger partial charge is 0.353 e. The molecule has 2 aromatic heterocycles. The number of aliphatic hydroxyl groups is 1. The number of benzene rings is 1. The number of aromatic nitrogens is 4. The van der Waals surface area contributed by atoms with Crippen LogP contribution in [0.5, 0.6) is 0 Å². The number of aliphatic hydroxyl groups excluding tert-OH is 1. The maximum atomic E-state index is 14.1. The first-order valence-electron chi connectivity index (χ1n) is 8.87.